The number of carboxylic acid groups (broad SMARTS) is 1. The predicted octanol–water partition coefficient (Wildman–Crippen LogP) is 4.92. The fourth-order valence-corrected chi connectivity index (χ4v) is 4.78. The van der Waals surface area contributed by atoms with Crippen LogP contribution in [0.2, 0.25) is 0 Å². The van der Waals surface area contributed by atoms with Crippen LogP contribution < -0.4 is 4.90 Å². The SMILES string of the molecule is Cc1nc(SCc2cccc(C(=O)O)c2)nc(N2CCN(C/C=C/c3ccccc3)CC2)c1C. The van der Waals surface area contributed by atoms with Gasteiger partial charge in [-0.1, -0.05) is 66.4 Å². The maximum Gasteiger partial charge on any atom is 0.335 e. The van der Waals surface area contributed by atoms with Gasteiger partial charge in [0.05, 0.1) is 5.56 Å². The molecule has 0 saturated carbocycles. The van der Waals surface area contributed by atoms with Crippen LogP contribution in [0.3, 0.4) is 0 Å². The third-order valence-corrected chi connectivity index (χ3v) is 6.95. The summed E-state index contributed by atoms with van der Waals surface area (Å²) < 4.78 is 0. The maximum atomic E-state index is 11.2. The molecule has 0 atom stereocenters. The van der Waals surface area contributed by atoms with E-state index in [1.54, 1.807) is 30.0 Å². The van der Waals surface area contributed by atoms with Crippen molar-refractivity contribution in [1.29, 1.82) is 0 Å². The molecule has 176 valence electrons. The first-order valence-electron chi connectivity index (χ1n) is 11.5. The minimum absolute atomic E-state index is 0.302. The van der Waals surface area contributed by atoms with E-state index in [1.165, 1.54) is 5.56 Å². The monoisotopic (exact) mass is 474 g/mol. The van der Waals surface area contributed by atoms with Gasteiger partial charge in [-0.25, -0.2) is 14.8 Å². The molecular weight excluding hydrogens is 444 g/mol. The van der Waals surface area contributed by atoms with Crippen LogP contribution >= 0.6 is 11.8 Å². The van der Waals surface area contributed by atoms with Crippen molar-refractivity contribution in [3.05, 3.63) is 88.6 Å². The lowest BCUT2D eigenvalue weighted by Crippen LogP contribution is -2.47. The zero-order valence-electron chi connectivity index (χ0n) is 19.6. The van der Waals surface area contributed by atoms with Crippen LogP contribution in [0.4, 0.5) is 5.82 Å². The first kappa shape index (κ1) is 24.0. The van der Waals surface area contributed by atoms with Gasteiger partial charge >= 0.3 is 5.97 Å². The fraction of sp³-hybridized carbons (Fsp3) is 0.296. The molecule has 3 aromatic rings. The molecule has 2 heterocycles. The number of aromatic carboxylic acids is 1. The Morgan fingerprint density at radius 3 is 2.53 bits per heavy atom. The van der Waals surface area contributed by atoms with Crippen molar-refractivity contribution < 1.29 is 9.90 Å². The molecule has 6 nitrogen and oxygen atoms in total. The van der Waals surface area contributed by atoms with Crippen molar-refractivity contribution in [3.8, 4) is 0 Å². The summed E-state index contributed by atoms with van der Waals surface area (Å²) in [5.41, 5.74) is 4.59. The van der Waals surface area contributed by atoms with Crippen LogP contribution in [-0.2, 0) is 5.75 Å². The number of aromatic nitrogens is 2. The van der Waals surface area contributed by atoms with Gasteiger partial charge in [0.15, 0.2) is 5.16 Å². The lowest BCUT2D eigenvalue weighted by atomic mass is 10.1. The van der Waals surface area contributed by atoms with Crippen LogP contribution in [0.1, 0.15) is 32.7 Å². The highest BCUT2D eigenvalue weighted by molar-refractivity contribution is 7.98. The van der Waals surface area contributed by atoms with E-state index in [1.807, 2.05) is 19.1 Å². The molecule has 0 bridgehead atoms. The quantitative estimate of drug-likeness (QED) is 0.367. The Balaban J connectivity index is 1.36. The molecule has 2 aromatic carbocycles. The summed E-state index contributed by atoms with van der Waals surface area (Å²) in [4.78, 5) is 25.6. The van der Waals surface area contributed by atoms with Gasteiger partial charge in [0, 0.05) is 49.7 Å². The third kappa shape index (κ3) is 6.24. The van der Waals surface area contributed by atoms with E-state index < -0.39 is 5.97 Å². The number of hydrogen-bond acceptors (Lipinski definition) is 6. The van der Waals surface area contributed by atoms with E-state index >= 15 is 0 Å². The van der Waals surface area contributed by atoms with E-state index in [0.717, 1.165) is 60.5 Å². The Hall–Kier alpha value is -3.16. The van der Waals surface area contributed by atoms with Crippen molar-refractivity contribution >= 4 is 29.6 Å². The van der Waals surface area contributed by atoms with Crippen molar-refractivity contribution in [1.82, 2.24) is 14.9 Å². The number of hydrogen-bond donors (Lipinski definition) is 1. The number of carboxylic acids is 1. The van der Waals surface area contributed by atoms with Crippen molar-refractivity contribution in [2.75, 3.05) is 37.6 Å². The van der Waals surface area contributed by atoms with Gasteiger partial charge < -0.3 is 10.0 Å². The Morgan fingerprint density at radius 1 is 1.03 bits per heavy atom. The smallest absolute Gasteiger partial charge is 0.335 e. The van der Waals surface area contributed by atoms with Gasteiger partial charge in [-0.3, -0.25) is 4.90 Å². The largest absolute Gasteiger partial charge is 0.478 e. The highest BCUT2D eigenvalue weighted by Crippen LogP contribution is 2.27. The summed E-state index contributed by atoms with van der Waals surface area (Å²) >= 11 is 1.54. The Labute approximate surface area is 205 Å². The number of aryl methyl sites for hydroxylation is 1. The average molecular weight is 475 g/mol. The summed E-state index contributed by atoms with van der Waals surface area (Å²) in [6.07, 6.45) is 4.42. The van der Waals surface area contributed by atoms with Gasteiger partial charge in [0.2, 0.25) is 0 Å². The molecule has 0 unspecified atom stereocenters. The fourth-order valence-electron chi connectivity index (χ4n) is 3.95. The molecule has 7 heteroatoms. The molecule has 1 aliphatic heterocycles. The van der Waals surface area contributed by atoms with Gasteiger partial charge in [-0.15, -0.1) is 0 Å². The lowest BCUT2D eigenvalue weighted by molar-refractivity contribution is 0.0696. The molecule has 1 saturated heterocycles. The van der Waals surface area contributed by atoms with Crippen molar-refractivity contribution in [2.45, 2.75) is 24.8 Å². The molecular formula is C27H30N4O2S. The van der Waals surface area contributed by atoms with E-state index in [2.05, 4.69) is 58.1 Å². The topological polar surface area (TPSA) is 69.6 Å². The Bertz CT molecular complexity index is 1160. The molecule has 0 aliphatic carbocycles. The molecule has 1 aromatic heterocycles. The summed E-state index contributed by atoms with van der Waals surface area (Å²) in [6.45, 7) is 8.91. The number of thioether (sulfide) groups is 1. The van der Waals surface area contributed by atoms with Gasteiger partial charge in [0.25, 0.3) is 0 Å². The molecule has 0 radical (unpaired) electrons. The summed E-state index contributed by atoms with van der Waals surface area (Å²) in [7, 11) is 0. The molecule has 1 N–H and O–H groups in total. The van der Waals surface area contributed by atoms with Gasteiger partial charge in [-0.2, -0.15) is 0 Å². The standard InChI is InChI=1S/C27H30N4O2S/c1-20-21(2)28-27(34-19-23-10-6-12-24(18-23)26(32)33)29-25(20)31-16-14-30(15-17-31)13-7-11-22-8-4-3-5-9-22/h3-12,18H,13-17,19H2,1-2H3,(H,32,33)/b11-7+. The molecule has 1 aliphatic rings. The molecule has 1 fully saturated rings. The number of anilines is 1. The molecule has 34 heavy (non-hydrogen) atoms. The number of benzene rings is 2. The predicted molar refractivity (Wildman–Crippen MR) is 139 cm³/mol. The highest BCUT2D eigenvalue weighted by atomic mass is 32.2. The highest BCUT2D eigenvalue weighted by Gasteiger charge is 2.21. The average Bonchev–Trinajstić information content (AvgIpc) is 2.86. The zero-order valence-corrected chi connectivity index (χ0v) is 20.5. The third-order valence-electron chi connectivity index (χ3n) is 6.03. The Morgan fingerprint density at radius 2 is 1.79 bits per heavy atom. The number of piperazine rings is 1. The normalized spacial score (nSPS) is 14.6. The van der Waals surface area contributed by atoms with Crippen LogP contribution in [0, 0.1) is 13.8 Å². The first-order valence-corrected chi connectivity index (χ1v) is 12.5. The van der Waals surface area contributed by atoms with Gasteiger partial charge in [-0.05, 0) is 37.1 Å². The van der Waals surface area contributed by atoms with Crippen molar-refractivity contribution in [3.63, 3.8) is 0 Å². The number of nitrogens with zero attached hydrogens (tertiary/aromatic N) is 4. The number of carbonyl (C=O) groups is 1. The Kier molecular flexibility index (Phi) is 7.98. The van der Waals surface area contributed by atoms with Crippen molar-refractivity contribution in [2.24, 2.45) is 0 Å². The van der Waals surface area contributed by atoms with Crippen LogP contribution in [0.25, 0.3) is 6.08 Å². The summed E-state index contributed by atoms with van der Waals surface area (Å²) in [5.74, 6) is 0.727. The minimum atomic E-state index is -0.911. The van der Waals surface area contributed by atoms with E-state index in [-0.39, 0.29) is 0 Å². The molecule has 0 amide bonds. The van der Waals surface area contributed by atoms with E-state index in [0.29, 0.717) is 11.3 Å². The first-order chi connectivity index (χ1) is 16.5. The van der Waals surface area contributed by atoms with Crippen LogP contribution in [0.5, 0.6) is 0 Å². The number of rotatable bonds is 8. The summed E-state index contributed by atoms with van der Waals surface area (Å²) in [6, 6.07) is 17.4. The van der Waals surface area contributed by atoms with E-state index in [4.69, 9.17) is 4.98 Å². The lowest BCUT2D eigenvalue weighted by Gasteiger charge is -2.35. The maximum absolute atomic E-state index is 11.2. The zero-order chi connectivity index (χ0) is 23.9. The molecule has 0 spiro atoms. The van der Waals surface area contributed by atoms with Crippen LogP contribution in [-0.4, -0.2) is 58.7 Å². The summed E-state index contributed by atoms with van der Waals surface area (Å²) in [5, 5.41) is 9.95. The van der Waals surface area contributed by atoms with Crippen LogP contribution in [0.15, 0.2) is 65.8 Å². The minimum Gasteiger partial charge on any atom is -0.478 e. The second kappa shape index (κ2) is 11.3. The molecule has 4 rings (SSSR count). The second-order valence-electron chi connectivity index (χ2n) is 8.44. The second-order valence-corrected chi connectivity index (χ2v) is 9.38. The van der Waals surface area contributed by atoms with Gasteiger partial charge in [0.1, 0.15) is 5.82 Å². The van der Waals surface area contributed by atoms with E-state index in [9.17, 15) is 9.90 Å².